The molecule has 7 heteroatoms. The summed E-state index contributed by atoms with van der Waals surface area (Å²) in [6.45, 7) is 1.96. The van der Waals surface area contributed by atoms with Gasteiger partial charge in [0, 0.05) is 10.6 Å². The molecule has 0 radical (unpaired) electrons. The number of benzene rings is 1. The Kier molecular flexibility index (Phi) is 5.72. The Balaban J connectivity index is 1.60. The van der Waals surface area contributed by atoms with Gasteiger partial charge in [-0.3, -0.25) is 14.4 Å². The molecule has 2 aromatic rings. The van der Waals surface area contributed by atoms with Gasteiger partial charge < -0.3 is 15.7 Å². The van der Waals surface area contributed by atoms with E-state index in [1.54, 1.807) is 0 Å². The normalized spacial score (nSPS) is 19.9. The van der Waals surface area contributed by atoms with Gasteiger partial charge >= 0.3 is 5.97 Å². The Morgan fingerprint density at radius 3 is 2.57 bits per heavy atom. The predicted octanol–water partition coefficient (Wildman–Crippen LogP) is 4.40. The lowest BCUT2D eigenvalue weighted by molar-refractivity contribution is -0.146. The largest absolute Gasteiger partial charge is 0.481 e. The molecule has 0 saturated heterocycles. The van der Waals surface area contributed by atoms with Crippen LogP contribution < -0.4 is 10.6 Å². The van der Waals surface area contributed by atoms with Crippen molar-refractivity contribution in [2.24, 2.45) is 11.8 Å². The van der Waals surface area contributed by atoms with Gasteiger partial charge in [-0.1, -0.05) is 24.3 Å². The van der Waals surface area contributed by atoms with Crippen molar-refractivity contribution in [2.75, 3.05) is 10.6 Å². The molecule has 156 valence electrons. The van der Waals surface area contributed by atoms with Crippen LogP contribution in [0, 0.1) is 18.8 Å². The Morgan fingerprint density at radius 2 is 1.83 bits per heavy atom. The molecule has 0 fully saturated rings. The Hall–Kier alpha value is -2.93. The Morgan fingerprint density at radius 1 is 1.07 bits per heavy atom. The fraction of sp³-hybridized carbons (Fsp3) is 0.348. The minimum Gasteiger partial charge on any atom is -0.481 e. The molecular weight excluding hydrogens is 400 g/mol. The zero-order valence-electron chi connectivity index (χ0n) is 16.7. The first-order valence-electron chi connectivity index (χ1n) is 10.1. The fourth-order valence-electron chi connectivity index (χ4n) is 4.23. The summed E-state index contributed by atoms with van der Waals surface area (Å²) in [7, 11) is 0. The molecule has 2 atom stereocenters. The van der Waals surface area contributed by atoms with Gasteiger partial charge in [-0.15, -0.1) is 11.3 Å². The van der Waals surface area contributed by atoms with Crippen molar-refractivity contribution in [1.82, 2.24) is 0 Å². The third-order valence-corrected chi connectivity index (χ3v) is 6.95. The molecule has 2 amide bonds. The van der Waals surface area contributed by atoms with Crippen LogP contribution in [0.15, 0.2) is 36.4 Å². The predicted molar refractivity (Wildman–Crippen MR) is 117 cm³/mol. The van der Waals surface area contributed by atoms with Gasteiger partial charge in [-0.2, -0.15) is 0 Å². The SMILES string of the molecule is Cc1cccc(NC(=O)c2c(NC(=O)[C@H]3CC=CC[C@@H]3C(=O)O)sc3c2CCC3)c1. The van der Waals surface area contributed by atoms with E-state index in [0.717, 1.165) is 35.3 Å². The quantitative estimate of drug-likeness (QED) is 0.620. The number of aryl methyl sites for hydroxylation is 2. The standard InChI is InChI=1S/C23H24N2O4S/c1-13-6-4-7-14(12-13)24-21(27)19-17-10-5-11-18(17)30-22(19)25-20(26)15-8-2-3-9-16(15)23(28)29/h2-4,6-7,12,15-16H,5,8-11H2,1H3,(H,24,27)(H,25,26)(H,28,29)/t15-,16-/m0/s1. The van der Waals surface area contributed by atoms with Crippen LogP contribution in [0.1, 0.15) is 45.6 Å². The van der Waals surface area contributed by atoms with Crippen molar-refractivity contribution in [3.63, 3.8) is 0 Å². The number of fused-ring (bicyclic) bond motifs is 1. The number of amides is 2. The molecule has 0 aliphatic heterocycles. The second kappa shape index (κ2) is 8.44. The van der Waals surface area contributed by atoms with Crippen LogP contribution in [0.5, 0.6) is 0 Å². The van der Waals surface area contributed by atoms with Crippen LogP contribution in [0.25, 0.3) is 0 Å². The number of hydrogen-bond acceptors (Lipinski definition) is 4. The molecule has 30 heavy (non-hydrogen) atoms. The van der Waals surface area contributed by atoms with Crippen molar-refractivity contribution in [3.05, 3.63) is 58.0 Å². The van der Waals surface area contributed by atoms with Crippen LogP contribution in [-0.4, -0.2) is 22.9 Å². The summed E-state index contributed by atoms with van der Waals surface area (Å²) < 4.78 is 0. The second-order valence-corrected chi connectivity index (χ2v) is 8.97. The van der Waals surface area contributed by atoms with Crippen molar-refractivity contribution in [2.45, 2.75) is 39.0 Å². The number of aliphatic carboxylic acids is 1. The molecule has 2 aliphatic rings. The lowest BCUT2D eigenvalue weighted by Gasteiger charge is -2.24. The van der Waals surface area contributed by atoms with Gasteiger partial charge in [0.1, 0.15) is 5.00 Å². The zero-order chi connectivity index (χ0) is 21.3. The average Bonchev–Trinajstić information content (AvgIpc) is 3.28. The van der Waals surface area contributed by atoms with E-state index in [-0.39, 0.29) is 11.8 Å². The first kappa shape index (κ1) is 20.3. The fourth-order valence-corrected chi connectivity index (χ4v) is 5.52. The summed E-state index contributed by atoms with van der Waals surface area (Å²) in [5.41, 5.74) is 3.26. The van der Waals surface area contributed by atoms with Crippen LogP contribution >= 0.6 is 11.3 Å². The number of anilines is 2. The van der Waals surface area contributed by atoms with Gasteiger partial charge in [0.15, 0.2) is 0 Å². The van der Waals surface area contributed by atoms with Crippen LogP contribution in [0.4, 0.5) is 10.7 Å². The summed E-state index contributed by atoms with van der Waals surface area (Å²) in [4.78, 5) is 38.8. The maximum Gasteiger partial charge on any atom is 0.307 e. The first-order valence-corrected chi connectivity index (χ1v) is 11.0. The second-order valence-electron chi connectivity index (χ2n) is 7.87. The molecule has 0 spiro atoms. The van der Waals surface area contributed by atoms with E-state index in [0.29, 0.717) is 29.1 Å². The number of rotatable bonds is 5. The first-order chi connectivity index (χ1) is 14.4. The van der Waals surface area contributed by atoms with Crippen LogP contribution in [0.2, 0.25) is 0 Å². The van der Waals surface area contributed by atoms with Gasteiger partial charge in [0.2, 0.25) is 5.91 Å². The molecule has 1 aromatic heterocycles. The molecule has 0 saturated carbocycles. The molecular formula is C23H24N2O4S. The smallest absolute Gasteiger partial charge is 0.307 e. The van der Waals surface area contributed by atoms with E-state index in [1.807, 2.05) is 43.3 Å². The summed E-state index contributed by atoms with van der Waals surface area (Å²) in [6.07, 6.45) is 7.08. The summed E-state index contributed by atoms with van der Waals surface area (Å²) in [5, 5.41) is 15.8. The molecule has 2 aliphatic carbocycles. The average molecular weight is 425 g/mol. The van der Waals surface area contributed by atoms with E-state index < -0.39 is 17.8 Å². The van der Waals surface area contributed by atoms with Crippen molar-refractivity contribution in [1.29, 1.82) is 0 Å². The highest BCUT2D eigenvalue weighted by molar-refractivity contribution is 7.17. The van der Waals surface area contributed by atoms with E-state index in [2.05, 4.69) is 10.6 Å². The van der Waals surface area contributed by atoms with E-state index >= 15 is 0 Å². The topological polar surface area (TPSA) is 95.5 Å². The number of carboxylic acid groups (broad SMARTS) is 1. The van der Waals surface area contributed by atoms with Crippen molar-refractivity contribution in [3.8, 4) is 0 Å². The Labute approximate surface area is 179 Å². The Bertz CT molecular complexity index is 1040. The van der Waals surface area contributed by atoms with E-state index in [9.17, 15) is 19.5 Å². The summed E-state index contributed by atoms with van der Waals surface area (Å²) >= 11 is 1.43. The van der Waals surface area contributed by atoms with E-state index in [4.69, 9.17) is 0 Å². The molecule has 4 rings (SSSR count). The lowest BCUT2D eigenvalue weighted by Crippen LogP contribution is -2.35. The monoisotopic (exact) mass is 424 g/mol. The molecule has 6 nitrogen and oxygen atoms in total. The van der Waals surface area contributed by atoms with Gasteiger partial charge in [-0.05, 0) is 62.3 Å². The highest BCUT2D eigenvalue weighted by atomic mass is 32.1. The number of carboxylic acids is 1. The highest BCUT2D eigenvalue weighted by Crippen LogP contribution is 2.40. The number of carbonyl (C=O) groups excluding carboxylic acids is 2. The zero-order valence-corrected chi connectivity index (χ0v) is 17.6. The van der Waals surface area contributed by atoms with Crippen LogP contribution in [-0.2, 0) is 22.4 Å². The summed E-state index contributed by atoms with van der Waals surface area (Å²) in [6, 6.07) is 7.57. The molecule has 3 N–H and O–H groups in total. The minimum absolute atomic E-state index is 0.242. The van der Waals surface area contributed by atoms with E-state index in [1.165, 1.54) is 11.3 Å². The van der Waals surface area contributed by atoms with Crippen molar-refractivity contribution >= 4 is 39.8 Å². The molecule has 1 aromatic carbocycles. The van der Waals surface area contributed by atoms with Gasteiger partial charge in [0.05, 0.1) is 17.4 Å². The molecule has 0 unspecified atom stereocenters. The molecule has 0 bridgehead atoms. The highest BCUT2D eigenvalue weighted by Gasteiger charge is 2.35. The van der Waals surface area contributed by atoms with Gasteiger partial charge in [-0.25, -0.2) is 0 Å². The number of nitrogens with one attached hydrogen (secondary N) is 2. The minimum atomic E-state index is -0.967. The number of carbonyl (C=O) groups is 3. The lowest BCUT2D eigenvalue weighted by atomic mass is 9.82. The van der Waals surface area contributed by atoms with Crippen molar-refractivity contribution < 1.29 is 19.5 Å². The maximum absolute atomic E-state index is 13.1. The maximum atomic E-state index is 13.1. The molecule has 1 heterocycles. The van der Waals surface area contributed by atoms with Crippen LogP contribution in [0.3, 0.4) is 0 Å². The third-order valence-electron chi connectivity index (χ3n) is 5.75. The summed E-state index contributed by atoms with van der Waals surface area (Å²) in [5.74, 6) is -2.93. The third kappa shape index (κ3) is 4.03. The number of thiophene rings is 1. The number of allylic oxidation sites excluding steroid dienone is 2. The van der Waals surface area contributed by atoms with Gasteiger partial charge in [0.25, 0.3) is 5.91 Å². The number of hydrogen-bond donors (Lipinski definition) is 3.